The summed E-state index contributed by atoms with van der Waals surface area (Å²) in [7, 11) is 1.39. The Morgan fingerprint density at radius 1 is 1.61 bits per heavy atom. The first-order chi connectivity index (χ1) is 8.54. The van der Waals surface area contributed by atoms with Crippen LogP contribution in [0, 0.1) is 5.82 Å². The summed E-state index contributed by atoms with van der Waals surface area (Å²) in [6.07, 6.45) is 0.568. The van der Waals surface area contributed by atoms with E-state index in [1.54, 1.807) is 0 Å². The number of benzene rings is 1. The Morgan fingerprint density at radius 2 is 2.39 bits per heavy atom. The molecule has 1 aromatic rings. The maximum atomic E-state index is 13.3. The van der Waals surface area contributed by atoms with E-state index in [-0.39, 0.29) is 18.0 Å². The van der Waals surface area contributed by atoms with Crippen molar-refractivity contribution in [3.63, 3.8) is 0 Å². The van der Waals surface area contributed by atoms with Crippen LogP contribution in [0.3, 0.4) is 0 Å². The summed E-state index contributed by atoms with van der Waals surface area (Å²) >= 11 is 0. The van der Waals surface area contributed by atoms with Gasteiger partial charge in [-0.2, -0.15) is 0 Å². The number of nitrogen functional groups attached to an aromatic ring is 1. The van der Waals surface area contributed by atoms with Crippen LogP contribution in [0.25, 0.3) is 0 Å². The third-order valence-electron chi connectivity index (χ3n) is 3.01. The van der Waals surface area contributed by atoms with Gasteiger partial charge in [0.1, 0.15) is 5.60 Å². The monoisotopic (exact) mass is 256 g/mol. The lowest BCUT2D eigenvalue weighted by Crippen LogP contribution is -2.37. The second-order valence-electron chi connectivity index (χ2n) is 4.45. The number of nitrogens with two attached hydrogens (primary N) is 1. The predicted molar refractivity (Wildman–Crippen MR) is 66.2 cm³/mol. The van der Waals surface area contributed by atoms with Crippen molar-refractivity contribution in [1.29, 1.82) is 0 Å². The SMILES string of the molecule is COc1cc(NCC2(O)CCOC2)c(N)cc1F. The average Bonchev–Trinajstić information content (AvgIpc) is 2.76. The zero-order chi connectivity index (χ0) is 13.2. The van der Waals surface area contributed by atoms with Gasteiger partial charge >= 0.3 is 0 Å². The topological polar surface area (TPSA) is 76.7 Å². The van der Waals surface area contributed by atoms with Crippen LogP contribution in [0.5, 0.6) is 5.75 Å². The maximum absolute atomic E-state index is 13.3. The van der Waals surface area contributed by atoms with E-state index in [4.69, 9.17) is 15.2 Å². The highest BCUT2D eigenvalue weighted by atomic mass is 19.1. The smallest absolute Gasteiger partial charge is 0.167 e. The van der Waals surface area contributed by atoms with Crippen LogP contribution in [0.4, 0.5) is 15.8 Å². The molecule has 0 bridgehead atoms. The molecule has 1 saturated heterocycles. The van der Waals surface area contributed by atoms with Crippen molar-refractivity contribution < 1.29 is 19.0 Å². The molecule has 18 heavy (non-hydrogen) atoms. The summed E-state index contributed by atoms with van der Waals surface area (Å²) < 4.78 is 23.4. The number of methoxy groups -OCH3 is 1. The molecule has 1 aliphatic rings. The molecular formula is C12H17FN2O3. The van der Waals surface area contributed by atoms with Crippen molar-refractivity contribution >= 4 is 11.4 Å². The summed E-state index contributed by atoms with van der Waals surface area (Å²) in [6, 6.07) is 2.67. The normalized spacial score (nSPS) is 23.1. The number of nitrogens with one attached hydrogen (secondary N) is 1. The molecule has 0 amide bonds. The van der Waals surface area contributed by atoms with Gasteiger partial charge in [0.15, 0.2) is 11.6 Å². The molecule has 4 N–H and O–H groups in total. The van der Waals surface area contributed by atoms with Gasteiger partial charge < -0.3 is 25.6 Å². The molecule has 2 rings (SSSR count). The summed E-state index contributed by atoms with van der Waals surface area (Å²) in [5, 5.41) is 13.1. The quantitative estimate of drug-likeness (QED) is 0.700. The number of ether oxygens (including phenoxy) is 2. The van der Waals surface area contributed by atoms with E-state index in [0.29, 0.717) is 25.3 Å². The lowest BCUT2D eigenvalue weighted by atomic mass is 10.0. The number of aliphatic hydroxyl groups is 1. The van der Waals surface area contributed by atoms with Crippen LogP contribution >= 0.6 is 0 Å². The fraction of sp³-hybridized carbons (Fsp3) is 0.500. The van der Waals surface area contributed by atoms with Crippen LogP contribution < -0.4 is 15.8 Å². The number of hydrogen-bond acceptors (Lipinski definition) is 5. The number of rotatable bonds is 4. The van der Waals surface area contributed by atoms with Crippen LogP contribution in [0.15, 0.2) is 12.1 Å². The summed E-state index contributed by atoms with van der Waals surface area (Å²) in [4.78, 5) is 0. The molecule has 0 radical (unpaired) electrons. The molecule has 5 nitrogen and oxygen atoms in total. The van der Waals surface area contributed by atoms with E-state index in [1.165, 1.54) is 19.2 Å². The third-order valence-corrected chi connectivity index (χ3v) is 3.01. The number of hydrogen-bond donors (Lipinski definition) is 3. The molecule has 1 fully saturated rings. The predicted octanol–water partition coefficient (Wildman–Crippen LogP) is 0.980. The summed E-state index contributed by atoms with van der Waals surface area (Å²) in [6.45, 7) is 1.13. The molecule has 6 heteroatoms. The zero-order valence-corrected chi connectivity index (χ0v) is 10.2. The van der Waals surface area contributed by atoms with Crippen LogP contribution in [-0.2, 0) is 4.74 Å². The lowest BCUT2D eigenvalue weighted by Gasteiger charge is -2.22. The standard InChI is InChI=1S/C12H17FN2O3/c1-17-11-5-10(9(14)4-8(11)13)15-6-12(16)2-3-18-7-12/h4-5,15-16H,2-3,6-7,14H2,1H3. The van der Waals surface area contributed by atoms with E-state index in [9.17, 15) is 9.50 Å². The van der Waals surface area contributed by atoms with E-state index < -0.39 is 11.4 Å². The molecule has 0 aromatic heterocycles. The summed E-state index contributed by atoms with van der Waals surface area (Å²) in [5.74, 6) is -0.398. The largest absolute Gasteiger partial charge is 0.494 e. The van der Waals surface area contributed by atoms with E-state index in [0.717, 1.165) is 0 Å². The van der Waals surface area contributed by atoms with E-state index in [1.807, 2.05) is 0 Å². The molecular weight excluding hydrogens is 239 g/mol. The van der Waals surface area contributed by atoms with Gasteiger partial charge in [-0.05, 0) is 0 Å². The van der Waals surface area contributed by atoms with E-state index in [2.05, 4.69) is 5.32 Å². The molecule has 0 saturated carbocycles. The minimum atomic E-state index is -0.895. The molecule has 0 aliphatic carbocycles. The Hall–Kier alpha value is -1.53. The average molecular weight is 256 g/mol. The van der Waals surface area contributed by atoms with Gasteiger partial charge in [0.2, 0.25) is 0 Å². The van der Waals surface area contributed by atoms with Crippen molar-refractivity contribution in [2.75, 3.05) is 37.9 Å². The number of anilines is 2. The highest BCUT2D eigenvalue weighted by Gasteiger charge is 2.32. The van der Waals surface area contributed by atoms with Gasteiger partial charge in [0.05, 0.1) is 25.1 Å². The molecule has 100 valence electrons. The first-order valence-electron chi connectivity index (χ1n) is 5.71. The van der Waals surface area contributed by atoms with Gasteiger partial charge in [-0.1, -0.05) is 0 Å². The van der Waals surface area contributed by atoms with Crippen LogP contribution in [0.2, 0.25) is 0 Å². The van der Waals surface area contributed by atoms with Crippen molar-refractivity contribution in [3.8, 4) is 5.75 Å². The molecule has 1 heterocycles. The second-order valence-corrected chi connectivity index (χ2v) is 4.45. The summed E-state index contributed by atoms with van der Waals surface area (Å²) in [5.41, 5.74) is 5.62. The first kappa shape index (κ1) is 12.9. The zero-order valence-electron chi connectivity index (χ0n) is 10.2. The highest BCUT2D eigenvalue weighted by molar-refractivity contribution is 5.68. The Kier molecular flexibility index (Phi) is 3.58. The van der Waals surface area contributed by atoms with Crippen molar-refractivity contribution in [3.05, 3.63) is 17.9 Å². The molecule has 0 spiro atoms. The fourth-order valence-electron chi connectivity index (χ4n) is 1.87. The molecule has 1 aromatic carbocycles. The first-order valence-corrected chi connectivity index (χ1v) is 5.71. The number of halogens is 1. The minimum absolute atomic E-state index is 0.112. The van der Waals surface area contributed by atoms with Gasteiger partial charge in [-0.15, -0.1) is 0 Å². The van der Waals surface area contributed by atoms with Gasteiger partial charge in [-0.25, -0.2) is 4.39 Å². The van der Waals surface area contributed by atoms with Crippen LogP contribution in [0.1, 0.15) is 6.42 Å². The van der Waals surface area contributed by atoms with Gasteiger partial charge in [0.25, 0.3) is 0 Å². The Labute approximate surface area is 105 Å². The minimum Gasteiger partial charge on any atom is -0.494 e. The van der Waals surface area contributed by atoms with Gasteiger partial charge in [0, 0.05) is 31.7 Å². The molecule has 1 aliphatic heterocycles. The van der Waals surface area contributed by atoms with Crippen molar-refractivity contribution in [1.82, 2.24) is 0 Å². The highest BCUT2D eigenvalue weighted by Crippen LogP contribution is 2.29. The molecule has 1 unspecified atom stereocenters. The Morgan fingerprint density at radius 3 is 3.00 bits per heavy atom. The van der Waals surface area contributed by atoms with Crippen LogP contribution in [-0.4, -0.2) is 37.6 Å². The molecule has 1 atom stereocenters. The second kappa shape index (κ2) is 4.99. The Balaban J connectivity index is 2.09. The third kappa shape index (κ3) is 2.65. The Bertz CT molecular complexity index is 434. The van der Waals surface area contributed by atoms with E-state index >= 15 is 0 Å². The van der Waals surface area contributed by atoms with Crippen molar-refractivity contribution in [2.45, 2.75) is 12.0 Å². The van der Waals surface area contributed by atoms with Gasteiger partial charge in [-0.3, -0.25) is 0 Å². The van der Waals surface area contributed by atoms with Crippen molar-refractivity contribution in [2.24, 2.45) is 0 Å². The lowest BCUT2D eigenvalue weighted by molar-refractivity contribution is 0.0382. The maximum Gasteiger partial charge on any atom is 0.167 e. The fourth-order valence-corrected chi connectivity index (χ4v) is 1.87.